The Morgan fingerprint density at radius 3 is 2.64 bits per heavy atom. The van der Waals surface area contributed by atoms with Gasteiger partial charge in [0.15, 0.2) is 0 Å². The molecule has 0 radical (unpaired) electrons. The molecule has 1 aromatic carbocycles. The summed E-state index contributed by atoms with van der Waals surface area (Å²) < 4.78 is 27.7. The summed E-state index contributed by atoms with van der Waals surface area (Å²) in [7, 11) is -0.647. The van der Waals surface area contributed by atoms with Crippen LogP contribution in [-0.4, -0.2) is 34.5 Å². The molecule has 0 unspecified atom stereocenters. The summed E-state index contributed by atoms with van der Waals surface area (Å²) in [4.78, 5) is 10.3. The minimum absolute atomic E-state index is 0.101. The van der Waals surface area contributed by atoms with Crippen LogP contribution in [0.2, 0.25) is 0 Å². The summed E-state index contributed by atoms with van der Waals surface area (Å²) in [5.41, 5.74) is 0.935. The molecule has 2 aromatic rings. The van der Waals surface area contributed by atoms with Gasteiger partial charge in [0.1, 0.15) is 0 Å². The van der Waals surface area contributed by atoms with Gasteiger partial charge in [-0.25, -0.2) is 8.42 Å². The molecule has 8 nitrogen and oxygen atoms in total. The number of benzene rings is 1. The number of rotatable bonds is 5. The third-order valence-electron chi connectivity index (χ3n) is 3.25. The first kappa shape index (κ1) is 16.1. The average Bonchev–Trinajstić information content (AvgIpc) is 2.84. The topological polar surface area (TPSA) is 98.3 Å². The molecular weight excluding hydrogens is 308 g/mol. The van der Waals surface area contributed by atoms with Gasteiger partial charge in [-0.05, 0) is 13.0 Å². The molecular formula is C13H16N4O4S. The molecule has 9 heteroatoms. The Hall–Kier alpha value is -2.26. The minimum atomic E-state index is -3.81. The van der Waals surface area contributed by atoms with Crippen LogP contribution in [0.3, 0.4) is 0 Å². The third-order valence-corrected chi connectivity index (χ3v) is 5.05. The summed E-state index contributed by atoms with van der Waals surface area (Å²) in [5.74, 6) is 0. The Balaban J connectivity index is 2.33. The minimum Gasteiger partial charge on any atom is -0.275 e. The molecule has 1 heterocycles. The van der Waals surface area contributed by atoms with Gasteiger partial charge in [0.2, 0.25) is 10.0 Å². The number of nitrogens with zero attached hydrogens (tertiary/aromatic N) is 4. The fourth-order valence-corrected chi connectivity index (χ4v) is 3.20. The first-order valence-corrected chi connectivity index (χ1v) is 7.84. The van der Waals surface area contributed by atoms with Gasteiger partial charge in [-0.15, -0.1) is 0 Å². The van der Waals surface area contributed by atoms with E-state index in [0.29, 0.717) is 5.56 Å². The number of aromatic nitrogens is 2. The molecule has 0 fully saturated rings. The number of nitro benzene ring substituents is 1. The van der Waals surface area contributed by atoms with Gasteiger partial charge in [-0.3, -0.25) is 14.8 Å². The molecule has 2 rings (SSSR count). The molecule has 22 heavy (non-hydrogen) atoms. The molecule has 0 amide bonds. The Bertz CT molecular complexity index is 813. The van der Waals surface area contributed by atoms with Crippen LogP contribution >= 0.6 is 0 Å². The molecule has 0 saturated carbocycles. The smallest absolute Gasteiger partial charge is 0.273 e. The van der Waals surface area contributed by atoms with Crippen LogP contribution in [-0.2, 0) is 23.6 Å². The summed E-state index contributed by atoms with van der Waals surface area (Å²) in [5, 5.41) is 14.9. The molecule has 0 atom stereocenters. The van der Waals surface area contributed by atoms with Crippen molar-refractivity contribution >= 4 is 15.7 Å². The van der Waals surface area contributed by atoms with Crippen molar-refractivity contribution in [1.82, 2.24) is 14.1 Å². The zero-order valence-electron chi connectivity index (χ0n) is 12.4. The van der Waals surface area contributed by atoms with E-state index in [-0.39, 0.29) is 17.1 Å². The highest BCUT2D eigenvalue weighted by Gasteiger charge is 2.24. The normalized spacial score (nSPS) is 11.8. The van der Waals surface area contributed by atoms with Gasteiger partial charge in [0.25, 0.3) is 5.69 Å². The number of sulfonamides is 1. The third kappa shape index (κ3) is 3.15. The van der Waals surface area contributed by atoms with Crippen LogP contribution in [0.1, 0.15) is 11.1 Å². The van der Waals surface area contributed by atoms with Gasteiger partial charge < -0.3 is 0 Å². The average molecular weight is 324 g/mol. The van der Waals surface area contributed by atoms with E-state index in [1.807, 2.05) is 0 Å². The predicted octanol–water partition coefficient (Wildman–Crippen LogP) is 1.46. The molecule has 0 spiro atoms. The molecule has 0 N–H and O–H groups in total. The van der Waals surface area contributed by atoms with Crippen LogP contribution in [0.5, 0.6) is 0 Å². The van der Waals surface area contributed by atoms with Crippen molar-refractivity contribution in [1.29, 1.82) is 0 Å². The molecule has 0 aliphatic carbocycles. The van der Waals surface area contributed by atoms with E-state index in [2.05, 4.69) is 5.10 Å². The second-order valence-corrected chi connectivity index (χ2v) is 7.03. The maximum atomic E-state index is 12.5. The summed E-state index contributed by atoms with van der Waals surface area (Å²) >= 11 is 0. The number of aryl methyl sites for hydroxylation is 2. The van der Waals surface area contributed by atoms with Crippen molar-refractivity contribution in [2.45, 2.75) is 18.4 Å². The summed E-state index contributed by atoms with van der Waals surface area (Å²) in [6.07, 6.45) is 3.28. The lowest BCUT2D eigenvalue weighted by molar-refractivity contribution is -0.385. The zero-order chi connectivity index (χ0) is 16.5. The van der Waals surface area contributed by atoms with Gasteiger partial charge in [-0.1, -0.05) is 6.07 Å². The molecule has 0 saturated heterocycles. The highest BCUT2D eigenvalue weighted by atomic mass is 32.2. The summed E-state index contributed by atoms with van der Waals surface area (Å²) in [6, 6.07) is 3.89. The largest absolute Gasteiger partial charge is 0.275 e. The fourth-order valence-electron chi connectivity index (χ4n) is 2.02. The fraction of sp³-hybridized carbons (Fsp3) is 0.308. The van der Waals surface area contributed by atoms with Crippen LogP contribution in [0.4, 0.5) is 5.69 Å². The highest BCUT2D eigenvalue weighted by Crippen LogP contribution is 2.24. The van der Waals surface area contributed by atoms with Crippen LogP contribution < -0.4 is 0 Å². The highest BCUT2D eigenvalue weighted by molar-refractivity contribution is 7.89. The van der Waals surface area contributed by atoms with Crippen molar-refractivity contribution in [3.63, 3.8) is 0 Å². The van der Waals surface area contributed by atoms with Crippen molar-refractivity contribution in [3.8, 4) is 0 Å². The van der Waals surface area contributed by atoms with Crippen LogP contribution in [0.15, 0.2) is 35.5 Å². The zero-order valence-corrected chi connectivity index (χ0v) is 13.2. The lowest BCUT2D eigenvalue weighted by Crippen LogP contribution is -2.26. The van der Waals surface area contributed by atoms with Gasteiger partial charge in [-0.2, -0.15) is 9.40 Å². The second-order valence-electron chi connectivity index (χ2n) is 4.99. The van der Waals surface area contributed by atoms with E-state index in [1.165, 1.54) is 19.2 Å². The second kappa shape index (κ2) is 5.85. The summed E-state index contributed by atoms with van der Waals surface area (Å²) in [6.45, 7) is 1.70. The SMILES string of the molecule is Cc1ccc(S(=O)(=O)N(C)Cc2cnn(C)c2)cc1[N+](=O)[O-]. The molecule has 0 bridgehead atoms. The van der Waals surface area contributed by atoms with Crippen LogP contribution in [0.25, 0.3) is 0 Å². The Morgan fingerprint density at radius 2 is 2.09 bits per heavy atom. The van der Waals surface area contributed by atoms with E-state index in [9.17, 15) is 18.5 Å². The van der Waals surface area contributed by atoms with E-state index < -0.39 is 14.9 Å². The molecule has 118 valence electrons. The maximum absolute atomic E-state index is 12.5. The number of hydrogen-bond acceptors (Lipinski definition) is 5. The van der Waals surface area contributed by atoms with Crippen molar-refractivity contribution in [3.05, 3.63) is 51.8 Å². The quantitative estimate of drug-likeness (QED) is 0.612. The standard InChI is InChI=1S/C13H16N4O4S/c1-10-4-5-12(6-13(10)17(18)19)22(20,21)16(3)9-11-7-14-15(2)8-11/h4-8H,9H2,1-3H3. The first-order valence-electron chi connectivity index (χ1n) is 6.40. The van der Waals surface area contributed by atoms with E-state index >= 15 is 0 Å². The van der Waals surface area contributed by atoms with Gasteiger partial charge in [0, 0.05) is 44.0 Å². The maximum Gasteiger partial charge on any atom is 0.273 e. The van der Waals surface area contributed by atoms with Crippen molar-refractivity contribution in [2.24, 2.45) is 7.05 Å². The molecule has 0 aliphatic rings. The first-order chi connectivity index (χ1) is 10.2. The monoisotopic (exact) mass is 324 g/mol. The number of hydrogen-bond donors (Lipinski definition) is 0. The van der Waals surface area contributed by atoms with E-state index in [0.717, 1.165) is 15.9 Å². The van der Waals surface area contributed by atoms with Crippen molar-refractivity contribution < 1.29 is 13.3 Å². The predicted molar refractivity (Wildman–Crippen MR) is 79.7 cm³/mol. The lowest BCUT2D eigenvalue weighted by Gasteiger charge is -2.16. The lowest BCUT2D eigenvalue weighted by atomic mass is 10.2. The van der Waals surface area contributed by atoms with Crippen LogP contribution in [0, 0.1) is 17.0 Å². The Labute approximate surface area is 128 Å². The molecule has 1 aromatic heterocycles. The van der Waals surface area contributed by atoms with Crippen molar-refractivity contribution in [2.75, 3.05) is 7.05 Å². The van der Waals surface area contributed by atoms with Gasteiger partial charge in [0.05, 0.1) is 16.0 Å². The number of nitro groups is 1. The molecule has 0 aliphatic heterocycles. The Morgan fingerprint density at radius 1 is 1.41 bits per heavy atom. The van der Waals surface area contributed by atoms with E-state index in [4.69, 9.17) is 0 Å². The van der Waals surface area contributed by atoms with Gasteiger partial charge >= 0.3 is 0 Å². The Kier molecular flexibility index (Phi) is 4.29. The van der Waals surface area contributed by atoms with E-state index in [1.54, 1.807) is 31.0 Å².